The van der Waals surface area contributed by atoms with Crippen LogP contribution in [0.1, 0.15) is 70.8 Å². The molecule has 0 aliphatic rings. The van der Waals surface area contributed by atoms with Gasteiger partial charge in [0.15, 0.2) is 0 Å². The van der Waals surface area contributed by atoms with Crippen LogP contribution < -0.4 is 0 Å². The van der Waals surface area contributed by atoms with E-state index in [0.29, 0.717) is 4.90 Å². The number of sulfonamides is 1. The number of aryl methyl sites for hydroxylation is 1. The molecule has 28 heavy (non-hydrogen) atoms. The third-order valence-corrected chi connectivity index (χ3v) is 6.56. The molecule has 0 heterocycles. The first kappa shape index (κ1) is 24.2. The smallest absolute Gasteiger partial charge is 0.207 e. The highest BCUT2D eigenvalue weighted by molar-refractivity contribution is 7.89. The van der Waals surface area contributed by atoms with E-state index in [2.05, 4.69) is 38.0 Å². The number of rotatable bonds is 12. The van der Waals surface area contributed by atoms with Gasteiger partial charge < -0.3 is 0 Å². The van der Waals surface area contributed by atoms with Gasteiger partial charge in [-0.2, -0.15) is 4.31 Å². The van der Waals surface area contributed by atoms with Gasteiger partial charge in [0.2, 0.25) is 10.0 Å². The molecule has 0 amide bonds. The Labute approximate surface area is 172 Å². The molecule has 0 aliphatic carbocycles. The molecule has 0 saturated carbocycles. The molecular formula is C24H35NO2S. The zero-order valence-electron chi connectivity index (χ0n) is 17.7. The molecule has 0 spiro atoms. The molecule has 0 fully saturated rings. The predicted molar refractivity (Wildman–Crippen MR) is 119 cm³/mol. The van der Waals surface area contributed by atoms with Gasteiger partial charge in [-0.3, -0.25) is 0 Å². The van der Waals surface area contributed by atoms with Crippen molar-refractivity contribution >= 4 is 10.0 Å². The van der Waals surface area contributed by atoms with Crippen LogP contribution in [0.5, 0.6) is 0 Å². The molecule has 0 radical (unpaired) electrons. The zero-order valence-corrected chi connectivity index (χ0v) is 18.5. The molecule has 0 aliphatic heterocycles. The van der Waals surface area contributed by atoms with Gasteiger partial charge in [-0.1, -0.05) is 76.1 Å². The molecule has 0 N–H and O–H groups in total. The van der Waals surface area contributed by atoms with Crippen LogP contribution in [0.2, 0.25) is 0 Å². The highest BCUT2D eigenvalue weighted by atomic mass is 32.2. The highest BCUT2D eigenvalue weighted by Gasteiger charge is 2.29. The van der Waals surface area contributed by atoms with Crippen LogP contribution in [0.15, 0.2) is 47.5 Å². The Kier molecular flexibility index (Phi) is 11.6. The number of hydrogen-bond donors (Lipinski definition) is 0. The number of unbranched alkanes of at least 4 members (excludes halogenated alkanes) is 5. The maximum Gasteiger partial charge on any atom is 0.244 e. The molecule has 3 nitrogen and oxygen atoms in total. The third kappa shape index (κ3) is 8.07. The van der Waals surface area contributed by atoms with Crippen LogP contribution in [0.3, 0.4) is 0 Å². The fraction of sp³-hybridized carbons (Fsp3) is 0.542. The first-order valence-corrected chi connectivity index (χ1v) is 11.8. The quantitative estimate of drug-likeness (QED) is 0.250. The van der Waals surface area contributed by atoms with E-state index < -0.39 is 10.0 Å². The maximum absolute atomic E-state index is 13.4. The van der Waals surface area contributed by atoms with Crippen LogP contribution in [0, 0.1) is 18.8 Å². The standard InChI is InChI=1S/C24H35NO2S/c1-5-8-10-12-14-21-25(23(15-7-3)16-13-11-9-6-2)28(26,27)24-19-17-22(4)18-20-24/h15,17-20,23H,3,5-6,8-11,13,16,21H2,1-2,4H3/t23-/m0/s1. The summed E-state index contributed by atoms with van der Waals surface area (Å²) in [7, 11) is -3.64. The largest absolute Gasteiger partial charge is 0.244 e. The van der Waals surface area contributed by atoms with E-state index >= 15 is 0 Å². The summed E-state index contributed by atoms with van der Waals surface area (Å²) in [5, 5.41) is 0. The lowest BCUT2D eigenvalue weighted by Gasteiger charge is -2.27. The molecule has 154 valence electrons. The highest BCUT2D eigenvalue weighted by Crippen LogP contribution is 2.22. The van der Waals surface area contributed by atoms with Crippen molar-refractivity contribution in [3.8, 4) is 11.8 Å². The zero-order chi connectivity index (χ0) is 20.8. The minimum Gasteiger partial charge on any atom is -0.207 e. The van der Waals surface area contributed by atoms with Gasteiger partial charge in [0.05, 0.1) is 17.5 Å². The molecular weight excluding hydrogens is 366 g/mol. The Morgan fingerprint density at radius 3 is 2.32 bits per heavy atom. The van der Waals surface area contributed by atoms with E-state index in [1.165, 1.54) is 4.31 Å². The number of hydrogen-bond acceptors (Lipinski definition) is 2. The Bertz CT molecular complexity index is 778. The Hall–Kier alpha value is -1.79. The van der Waals surface area contributed by atoms with Crippen molar-refractivity contribution in [2.45, 2.75) is 83.1 Å². The van der Waals surface area contributed by atoms with Crippen LogP contribution in [0.25, 0.3) is 0 Å². The van der Waals surface area contributed by atoms with Gasteiger partial charge in [0.1, 0.15) is 0 Å². The van der Waals surface area contributed by atoms with E-state index in [-0.39, 0.29) is 12.6 Å². The fourth-order valence-corrected chi connectivity index (χ4v) is 4.45. The summed E-state index contributed by atoms with van der Waals surface area (Å²) < 4.78 is 28.2. The average Bonchev–Trinajstić information content (AvgIpc) is 2.67. The van der Waals surface area contributed by atoms with Crippen LogP contribution in [-0.4, -0.2) is 25.3 Å². The lowest BCUT2D eigenvalue weighted by atomic mass is 10.1. The summed E-state index contributed by atoms with van der Waals surface area (Å²) in [4.78, 5) is 0.310. The topological polar surface area (TPSA) is 37.4 Å². The summed E-state index contributed by atoms with van der Waals surface area (Å²) in [6, 6.07) is 6.73. The molecule has 0 unspecified atom stereocenters. The Morgan fingerprint density at radius 2 is 1.71 bits per heavy atom. The van der Waals surface area contributed by atoms with E-state index in [1.807, 2.05) is 19.1 Å². The molecule has 0 saturated heterocycles. The first-order valence-electron chi connectivity index (χ1n) is 10.4. The van der Waals surface area contributed by atoms with Crippen LogP contribution >= 0.6 is 0 Å². The summed E-state index contributed by atoms with van der Waals surface area (Å²) in [5.74, 6) is 6.19. The molecule has 1 aromatic rings. The Morgan fingerprint density at radius 1 is 1.04 bits per heavy atom. The summed E-state index contributed by atoms with van der Waals surface area (Å²) in [6.07, 6.45) is 9.81. The molecule has 1 rings (SSSR count). The lowest BCUT2D eigenvalue weighted by molar-refractivity contribution is 0.368. The normalized spacial score (nSPS) is 12.1. The lowest BCUT2D eigenvalue weighted by Crippen LogP contribution is -2.39. The van der Waals surface area contributed by atoms with E-state index in [1.54, 1.807) is 18.2 Å². The van der Waals surface area contributed by atoms with E-state index in [4.69, 9.17) is 0 Å². The van der Waals surface area contributed by atoms with Crippen molar-refractivity contribution in [3.63, 3.8) is 0 Å². The van der Waals surface area contributed by atoms with Crippen molar-refractivity contribution in [2.24, 2.45) is 0 Å². The minimum atomic E-state index is -3.64. The van der Waals surface area contributed by atoms with Gasteiger partial charge in [-0.05, 0) is 38.0 Å². The van der Waals surface area contributed by atoms with Gasteiger partial charge in [0.25, 0.3) is 0 Å². The van der Waals surface area contributed by atoms with Gasteiger partial charge in [-0.25, -0.2) is 8.42 Å². The van der Waals surface area contributed by atoms with Crippen molar-refractivity contribution in [1.82, 2.24) is 4.31 Å². The average molecular weight is 402 g/mol. The molecule has 1 atom stereocenters. The molecule has 0 aromatic heterocycles. The molecule has 1 aromatic carbocycles. The number of benzene rings is 1. The first-order chi connectivity index (χ1) is 13.5. The predicted octanol–water partition coefficient (Wildman–Crippen LogP) is 5.86. The second-order valence-corrected chi connectivity index (χ2v) is 9.00. The minimum absolute atomic E-state index is 0.191. The van der Waals surface area contributed by atoms with Crippen LogP contribution in [-0.2, 0) is 10.0 Å². The molecule has 4 heteroatoms. The second-order valence-electron chi connectivity index (χ2n) is 7.11. The van der Waals surface area contributed by atoms with Crippen molar-refractivity contribution in [2.75, 3.05) is 6.54 Å². The number of nitrogens with zero attached hydrogens (tertiary/aromatic N) is 1. The monoisotopic (exact) mass is 401 g/mol. The SMILES string of the molecule is C=C=C[C@@H](CCCCCC)N(CC#CCCCC)S(=O)(=O)c1ccc(C)cc1. The summed E-state index contributed by atoms with van der Waals surface area (Å²) in [5.41, 5.74) is 3.84. The fourth-order valence-electron chi connectivity index (χ4n) is 2.94. The summed E-state index contributed by atoms with van der Waals surface area (Å²) >= 11 is 0. The van der Waals surface area contributed by atoms with Crippen LogP contribution in [0.4, 0.5) is 0 Å². The van der Waals surface area contributed by atoms with E-state index in [9.17, 15) is 8.42 Å². The molecule has 0 bridgehead atoms. The van der Waals surface area contributed by atoms with Crippen molar-refractivity contribution in [3.05, 3.63) is 48.2 Å². The van der Waals surface area contributed by atoms with Crippen molar-refractivity contribution < 1.29 is 8.42 Å². The van der Waals surface area contributed by atoms with E-state index in [0.717, 1.165) is 56.9 Å². The van der Waals surface area contributed by atoms with Crippen molar-refractivity contribution in [1.29, 1.82) is 0 Å². The maximum atomic E-state index is 13.4. The third-order valence-electron chi connectivity index (χ3n) is 4.68. The summed E-state index contributed by atoms with van der Waals surface area (Å²) in [6.45, 7) is 10.1. The second kappa shape index (κ2) is 13.4. The van der Waals surface area contributed by atoms with Gasteiger partial charge in [0, 0.05) is 6.42 Å². The van der Waals surface area contributed by atoms with Gasteiger partial charge >= 0.3 is 0 Å². The Balaban J connectivity index is 3.14. The van der Waals surface area contributed by atoms with Gasteiger partial charge in [-0.15, -0.1) is 11.7 Å².